The number of nitrogen functional groups attached to an aromatic ring is 1. The van der Waals surface area contributed by atoms with Crippen LogP contribution < -0.4 is 22.3 Å². The van der Waals surface area contributed by atoms with E-state index in [2.05, 4.69) is 25.3 Å². The number of fused-ring (bicyclic) bond motifs is 2. The molecule has 0 saturated heterocycles. The molecule has 0 amide bonds. The van der Waals surface area contributed by atoms with E-state index in [0.717, 1.165) is 24.1 Å². The summed E-state index contributed by atoms with van der Waals surface area (Å²) in [5.41, 5.74) is 15.0. The Bertz CT molecular complexity index is 1540. The summed E-state index contributed by atoms with van der Waals surface area (Å²) in [6, 6.07) is 14.9. The van der Waals surface area contributed by atoms with Crippen LogP contribution in [-0.4, -0.2) is 36.0 Å². The number of nitrogens with one attached hydrogen (secondary N) is 2. The Morgan fingerprint density at radius 2 is 1.89 bits per heavy atom. The minimum absolute atomic E-state index is 0.107. The van der Waals surface area contributed by atoms with Crippen LogP contribution in [0.15, 0.2) is 59.7 Å². The van der Waals surface area contributed by atoms with Gasteiger partial charge in [0, 0.05) is 0 Å². The molecule has 10 nitrogen and oxygen atoms in total. The Balaban J connectivity index is 1.73. The fraction of sp³-hybridized carbons (Fsp3) is 0.240. The Morgan fingerprint density at radius 1 is 1.06 bits per heavy atom. The van der Waals surface area contributed by atoms with Crippen LogP contribution in [-0.2, 0) is 0 Å². The number of imidazole rings is 1. The zero-order valence-corrected chi connectivity index (χ0v) is 19.4. The van der Waals surface area contributed by atoms with Gasteiger partial charge in [-0.15, -0.1) is 0 Å². The van der Waals surface area contributed by atoms with Gasteiger partial charge in [-0.2, -0.15) is 9.97 Å². The number of nitrogens with two attached hydrogens (primary N) is 2. The van der Waals surface area contributed by atoms with E-state index in [1.807, 2.05) is 55.5 Å². The smallest absolute Gasteiger partial charge is 0.266 e. The van der Waals surface area contributed by atoms with Crippen molar-refractivity contribution in [1.29, 1.82) is 0 Å². The zero-order chi connectivity index (χ0) is 24.4. The van der Waals surface area contributed by atoms with Crippen LogP contribution >= 0.6 is 0 Å². The summed E-state index contributed by atoms with van der Waals surface area (Å²) in [4.78, 5) is 34.8. The van der Waals surface area contributed by atoms with Gasteiger partial charge in [-0.1, -0.05) is 30.3 Å². The monoisotopic (exact) mass is 469 g/mol. The number of unbranched alkanes of at least 4 members (excludes halogenated alkanes) is 1. The minimum Gasteiger partial charge on any atom is -0.368 e. The van der Waals surface area contributed by atoms with Crippen molar-refractivity contribution in [1.82, 2.24) is 29.5 Å². The molecule has 1 atom stereocenters. The van der Waals surface area contributed by atoms with Crippen LogP contribution in [0, 0.1) is 6.92 Å². The lowest BCUT2D eigenvalue weighted by Crippen LogP contribution is -2.29. The van der Waals surface area contributed by atoms with Crippen molar-refractivity contribution >= 4 is 33.8 Å². The highest BCUT2D eigenvalue weighted by Crippen LogP contribution is 2.28. The molecular weight excluding hydrogens is 442 g/mol. The molecule has 6 N–H and O–H groups in total. The van der Waals surface area contributed by atoms with Gasteiger partial charge in [0.15, 0.2) is 11.5 Å². The first-order valence-electron chi connectivity index (χ1n) is 11.6. The van der Waals surface area contributed by atoms with Crippen molar-refractivity contribution in [3.63, 3.8) is 0 Å². The van der Waals surface area contributed by atoms with E-state index in [9.17, 15) is 4.79 Å². The molecule has 2 aromatic carbocycles. The van der Waals surface area contributed by atoms with E-state index >= 15 is 0 Å². The maximum absolute atomic E-state index is 13.9. The molecular formula is C25H27N9O. The van der Waals surface area contributed by atoms with Gasteiger partial charge in [0.25, 0.3) is 5.56 Å². The molecule has 0 radical (unpaired) electrons. The van der Waals surface area contributed by atoms with Crippen LogP contribution in [0.2, 0.25) is 0 Å². The summed E-state index contributed by atoms with van der Waals surface area (Å²) in [5, 5.41) is 4.08. The third kappa shape index (κ3) is 4.31. The summed E-state index contributed by atoms with van der Waals surface area (Å²) < 4.78 is 1.68. The average Bonchev–Trinajstić information content (AvgIpc) is 3.32. The summed E-state index contributed by atoms with van der Waals surface area (Å²) >= 11 is 0. The average molecular weight is 470 g/mol. The second kappa shape index (κ2) is 9.51. The molecule has 0 bridgehead atoms. The summed E-state index contributed by atoms with van der Waals surface area (Å²) in [6.07, 6.45) is 3.89. The fourth-order valence-corrected chi connectivity index (χ4v) is 4.35. The van der Waals surface area contributed by atoms with Gasteiger partial charge in [0.1, 0.15) is 11.3 Å². The van der Waals surface area contributed by atoms with Crippen molar-refractivity contribution < 1.29 is 0 Å². The van der Waals surface area contributed by atoms with Crippen molar-refractivity contribution in [2.24, 2.45) is 5.73 Å². The summed E-state index contributed by atoms with van der Waals surface area (Å²) in [5.74, 6) is 1.19. The molecule has 10 heteroatoms. The molecule has 1 unspecified atom stereocenters. The van der Waals surface area contributed by atoms with Crippen LogP contribution in [0.1, 0.15) is 36.7 Å². The lowest BCUT2D eigenvalue weighted by Gasteiger charge is -2.23. The number of aromatic nitrogens is 6. The standard InChI is InChI=1S/C25H27N9O/c1-15-8-7-12-17-19(15)24(35)34(16-9-3-2-4-10-16)23(31-17)18(11-5-6-13-26)30-22-20-21(29-14-28-20)32-25(27)33-22/h2-4,7-10,12,14,18H,5-6,11,13,26H2,1H3,(H4,27,28,29,30,32,33). The molecule has 0 aliphatic heterocycles. The number of aryl methyl sites for hydroxylation is 1. The van der Waals surface area contributed by atoms with Crippen molar-refractivity contribution in [2.75, 3.05) is 17.6 Å². The molecule has 5 rings (SSSR count). The normalized spacial score (nSPS) is 12.3. The molecule has 0 aliphatic rings. The lowest BCUT2D eigenvalue weighted by atomic mass is 10.1. The predicted molar refractivity (Wildman–Crippen MR) is 137 cm³/mol. The van der Waals surface area contributed by atoms with E-state index < -0.39 is 0 Å². The Hall–Kier alpha value is -4.31. The van der Waals surface area contributed by atoms with Gasteiger partial charge in [0.05, 0.1) is 29.0 Å². The highest BCUT2D eigenvalue weighted by Gasteiger charge is 2.23. The number of benzene rings is 2. The first-order chi connectivity index (χ1) is 17.1. The third-order valence-corrected chi connectivity index (χ3v) is 6.02. The number of para-hydroxylation sites is 1. The van der Waals surface area contributed by atoms with E-state index in [-0.39, 0.29) is 17.5 Å². The third-order valence-electron chi connectivity index (χ3n) is 6.02. The number of anilines is 2. The maximum atomic E-state index is 13.9. The van der Waals surface area contributed by atoms with E-state index in [1.165, 1.54) is 0 Å². The largest absolute Gasteiger partial charge is 0.368 e. The van der Waals surface area contributed by atoms with Gasteiger partial charge in [-0.25, -0.2) is 9.97 Å². The van der Waals surface area contributed by atoms with E-state index in [1.54, 1.807) is 10.9 Å². The van der Waals surface area contributed by atoms with Crippen LogP contribution in [0.25, 0.3) is 27.8 Å². The van der Waals surface area contributed by atoms with Gasteiger partial charge in [-0.05, 0) is 56.5 Å². The Kier molecular flexibility index (Phi) is 6.11. The number of nitrogens with zero attached hydrogens (tertiary/aromatic N) is 5. The topological polar surface area (TPSA) is 153 Å². The highest BCUT2D eigenvalue weighted by molar-refractivity contribution is 5.84. The van der Waals surface area contributed by atoms with Gasteiger partial charge in [0.2, 0.25) is 5.95 Å². The SMILES string of the molecule is Cc1cccc2nc(C(CCCCN)Nc3nc(N)nc4nc[nH]c34)n(-c3ccccc3)c(=O)c12. The number of rotatable bonds is 8. The van der Waals surface area contributed by atoms with Crippen molar-refractivity contribution in [3.05, 3.63) is 76.6 Å². The molecule has 0 spiro atoms. The molecule has 3 aromatic heterocycles. The number of hydrogen-bond donors (Lipinski definition) is 4. The minimum atomic E-state index is -0.361. The maximum Gasteiger partial charge on any atom is 0.266 e. The Morgan fingerprint density at radius 3 is 2.69 bits per heavy atom. The van der Waals surface area contributed by atoms with E-state index in [4.69, 9.17) is 16.5 Å². The van der Waals surface area contributed by atoms with Gasteiger partial charge in [-0.3, -0.25) is 9.36 Å². The number of hydrogen-bond acceptors (Lipinski definition) is 8. The molecule has 3 heterocycles. The predicted octanol–water partition coefficient (Wildman–Crippen LogP) is 3.22. The lowest BCUT2D eigenvalue weighted by molar-refractivity contribution is 0.579. The van der Waals surface area contributed by atoms with Crippen LogP contribution in [0.5, 0.6) is 0 Å². The summed E-state index contributed by atoms with van der Waals surface area (Å²) in [7, 11) is 0. The van der Waals surface area contributed by atoms with Crippen molar-refractivity contribution in [2.45, 2.75) is 32.2 Å². The molecule has 0 aliphatic carbocycles. The van der Waals surface area contributed by atoms with Gasteiger partial charge >= 0.3 is 0 Å². The van der Waals surface area contributed by atoms with E-state index in [0.29, 0.717) is 46.7 Å². The van der Waals surface area contributed by atoms with Crippen LogP contribution in [0.3, 0.4) is 0 Å². The van der Waals surface area contributed by atoms with Crippen molar-refractivity contribution in [3.8, 4) is 5.69 Å². The molecule has 5 aromatic rings. The molecule has 0 saturated carbocycles. The number of H-pyrrole nitrogens is 1. The molecule has 35 heavy (non-hydrogen) atoms. The quantitative estimate of drug-likeness (QED) is 0.253. The van der Waals surface area contributed by atoms with Crippen LogP contribution in [0.4, 0.5) is 11.8 Å². The second-order valence-corrected chi connectivity index (χ2v) is 8.43. The first kappa shape index (κ1) is 22.5. The fourth-order valence-electron chi connectivity index (χ4n) is 4.35. The zero-order valence-electron chi connectivity index (χ0n) is 19.4. The number of aromatic amines is 1. The van der Waals surface area contributed by atoms with Gasteiger partial charge < -0.3 is 21.8 Å². The molecule has 0 fully saturated rings. The first-order valence-corrected chi connectivity index (χ1v) is 11.6. The summed E-state index contributed by atoms with van der Waals surface area (Å²) in [6.45, 7) is 2.50. The highest BCUT2D eigenvalue weighted by atomic mass is 16.1. The molecule has 178 valence electrons. The Labute approximate surface area is 201 Å². The second-order valence-electron chi connectivity index (χ2n) is 8.43.